The lowest BCUT2D eigenvalue weighted by atomic mass is 10.2. The number of carboxylic acid groups (broad SMARTS) is 1. The van der Waals surface area contributed by atoms with Crippen LogP contribution < -0.4 is 5.32 Å². The van der Waals surface area contributed by atoms with Crippen LogP contribution in [0.1, 0.15) is 16.9 Å². The van der Waals surface area contributed by atoms with Crippen LogP contribution in [0.5, 0.6) is 0 Å². The molecular formula is C13H15N3O2S2. The molecule has 5 nitrogen and oxygen atoms in total. The van der Waals surface area contributed by atoms with Crippen molar-refractivity contribution in [3.05, 3.63) is 16.8 Å². The molecule has 0 saturated heterocycles. The lowest BCUT2D eigenvalue weighted by Crippen LogP contribution is -2.32. The van der Waals surface area contributed by atoms with E-state index in [1.807, 2.05) is 6.26 Å². The van der Waals surface area contributed by atoms with Crippen molar-refractivity contribution in [1.29, 1.82) is 0 Å². The van der Waals surface area contributed by atoms with E-state index in [1.165, 1.54) is 35.0 Å². The number of nitrogens with zero attached hydrogens (tertiary/aromatic N) is 2. The van der Waals surface area contributed by atoms with Gasteiger partial charge in [0.2, 0.25) is 0 Å². The molecule has 7 heteroatoms. The maximum atomic E-state index is 11.3. The molecule has 2 aromatic heterocycles. The molecule has 20 heavy (non-hydrogen) atoms. The van der Waals surface area contributed by atoms with E-state index in [0.717, 1.165) is 23.1 Å². The molecule has 2 aromatic rings. The first kappa shape index (κ1) is 13.6. The third kappa shape index (κ3) is 2.35. The molecule has 0 radical (unpaired) electrons. The molecular weight excluding hydrogens is 294 g/mol. The van der Waals surface area contributed by atoms with Crippen LogP contribution in [0.4, 0.5) is 5.82 Å². The average molecular weight is 309 g/mol. The fourth-order valence-corrected chi connectivity index (χ4v) is 4.33. The Bertz CT molecular complexity index is 656. The Morgan fingerprint density at radius 3 is 3.15 bits per heavy atom. The van der Waals surface area contributed by atoms with E-state index in [9.17, 15) is 9.90 Å². The van der Waals surface area contributed by atoms with Gasteiger partial charge in [-0.15, -0.1) is 11.3 Å². The standard InChI is InChI=1S/C13H15N3O2S2/c1-19-5-8(13(17)18)16-11-10-7-3-2-4-9(7)20-12(10)15-6-14-11/h6,8H,2-5H2,1H3,(H,17,18)(H,14,15,16)/t8-/m1/s1. The zero-order valence-corrected chi connectivity index (χ0v) is 12.7. The highest BCUT2D eigenvalue weighted by Gasteiger charge is 2.24. The summed E-state index contributed by atoms with van der Waals surface area (Å²) in [4.78, 5) is 22.2. The number of thioether (sulfide) groups is 1. The predicted octanol–water partition coefficient (Wildman–Crippen LogP) is 2.41. The summed E-state index contributed by atoms with van der Waals surface area (Å²) in [6.07, 6.45) is 6.71. The number of hydrogen-bond acceptors (Lipinski definition) is 6. The van der Waals surface area contributed by atoms with Crippen molar-refractivity contribution in [2.24, 2.45) is 0 Å². The highest BCUT2D eigenvalue weighted by molar-refractivity contribution is 7.98. The second-order valence-electron chi connectivity index (χ2n) is 4.75. The Labute approximate surface area is 124 Å². The lowest BCUT2D eigenvalue weighted by molar-refractivity contribution is -0.137. The van der Waals surface area contributed by atoms with Crippen LogP contribution in [-0.2, 0) is 17.6 Å². The molecule has 1 aliphatic rings. The van der Waals surface area contributed by atoms with Gasteiger partial charge >= 0.3 is 5.97 Å². The second-order valence-corrected chi connectivity index (χ2v) is 6.74. The monoisotopic (exact) mass is 309 g/mol. The molecule has 0 spiro atoms. The number of aryl methyl sites for hydroxylation is 2. The minimum atomic E-state index is -0.849. The smallest absolute Gasteiger partial charge is 0.327 e. The molecule has 0 aromatic carbocycles. The average Bonchev–Trinajstić information content (AvgIpc) is 2.98. The number of hydrogen-bond donors (Lipinski definition) is 2. The number of anilines is 1. The van der Waals surface area contributed by atoms with Gasteiger partial charge in [0, 0.05) is 10.6 Å². The zero-order valence-electron chi connectivity index (χ0n) is 11.0. The van der Waals surface area contributed by atoms with Gasteiger partial charge in [-0.1, -0.05) is 0 Å². The number of aromatic nitrogens is 2. The van der Waals surface area contributed by atoms with Crippen molar-refractivity contribution in [3.8, 4) is 0 Å². The van der Waals surface area contributed by atoms with Crippen molar-refractivity contribution in [3.63, 3.8) is 0 Å². The fraction of sp³-hybridized carbons (Fsp3) is 0.462. The van der Waals surface area contributed by atoms with Crippen molar-refractivity contribution in [1.82, 2.24) is 9.97 Å². The first-order valence-electron chi connectivity index (χ1n) is 6.44. The topological polar surface area (TPSA) is 75.1 Å². The molecule has 106 valence electrons. The van der Waals surface area contributed by atoms with Crippen LogP contribution in [0.2, 0.25) is 0 Å². The number of rotatable bonds is 5. The minimum absolute atomic E-state index is 0.507. The highest BCUT2D eigenvalue weighted by Crippen LogP contribution is 2.39. The third-order valence-corrected chi connectivity index (χ3v) is 5.31. The lowest BCUT2D eigenvalue weighted by Gasteiger charge is -2.14. The van der Waals surface area contributed by atoms with Crippen molar-refractivity contribution in [2.45, 2.75) is 25.3 Å². The Kier molecular flexibility index (Phi) is 3.80. The molecule has 0 saturated carbocycles. The van der Waals surface area contributed by atoms with Gasteiger partial charge in [-0.05, 0) is 31.1 Å². The van der Waals surface area contributed by atoms with Crippen molar-refractivity contribution in [2.75, 3.05) is 17.3 Å². The number of carboxylic acids is 1. The summed E-state index contributed by atoms with van der Waals surface area (Å²) in [6.45, 7) is 0. The number of carbonyl (C=O) groups is 1. The van der Waals surface area contributed by atoms with E-state index in [-0.39, 0.29) is 0 Å². The Morgan fingerprint density at radius 1 is 1.55 bits per heavy atom. The van der Waals surface area contributed by atoms with E-state index in [0.29, 0.717) is 11.6 Å². The van der Waals surface area contributed by atoms with Gasteiger partial charge in [0.15, 0.2) is 0 Å². The van der Waals surface area contributed by atoms with Crippen LogP contribution in [0, 0.1) is 0 Å². The van der Waals surface area contributed by atoms with Crippen LogP contribution in [0.25, 0.3) is 10.2 Å². The summed E-state index contributed by atoms with van der Waals surface area (Å²) >= 11 is 3.21. The molecule has 0 bridgehead atoms. The molecule has 0 aliphatic heterocycles. The van der Waals surface area contributed by atoms with Gasteiger partial charge in [-0.3, -0.25) is 0 Å². The Balaban J connectivity index is 2.00. The summed E-state index contributed by atoms with van der Waals surface area (Å²) in [7, 11) is 0. The van der Waals surface area contributed by atoms with E-state index < -0.39 is 12.0 Å². The maximum absolute atomic E-state index is 11.3. The van der Waals surface area contributed by atoms with E-state index in [2.05, 4.69) is 15.3 Å². The van der Waals surface area contributed by atoms with E-state index >= 15 is 0 Å². The van der Waals surface area contributed by atoms with Gasteiger partial charge in [0.1, 0.15) is 23.0 Å². The number of nitrogens with one attached hydrogen (secondary N) is 1. The summed E-state index contributed by atoms with van der Waals surface area (Å²) < 4.78 is 0. The van der Waals surface area contributed by atoms with Crippen LogP contribution in [0.3, 0.4) is 0 Å². The van der Waals surface area contributed by atoms with E-state index in [4.69, 9.17) is 0 Å². The zero-order chi connectivity index (χ0) is 14.1. The summed E-state index contributed by atoms with van der Waals surface area (Å²) in [5.41, 5.74) is 1.31. The van der Waals surface area contributed by atoms with Crippen molar-refractivity contribution < 1.29 is 9.90 Å². The highest BCUT2D eigenvalue weighted by atomic mass is 32.2. The maximum Gasteiger partial charge on any atom is 0.327 e. The molecule has 2 N–H and O–H groups in total. The van der Waals surface area contributed by atoms with Gasteiger partial charge in [0.05, 0.1) is 5.39 Å². The van der Waals surface area contributed by atoms with Gasteiger partial charge in [-0.25, -0.2) is 14.8 Å². The second kappa shape index (κ2) is 5.57. The van der Waals surface area contributed by atoms with Crippen LogP contribution in [-0.4, -0.2) is 39.1 Å². The Morgan fingerprint density at radius 2 is 2.40 bits per heavy atom. The summed E-state index contributed by atoms with van der Waals surface area (Å²) in [5, 5.41) is 13.4. The summed E-state index contributed by atoms with van der Waals surface area (Å²) in [5.74, 6) is 0.321. The SMILES string of the molecule is CSC[C@@H](Nc1ncnc2sc3c(c12)CCC3)C(=O)O. The van der Waals surface area contributed by atoms with E-state index in [1.54, 1.807) is 11.3 Å². The molecule has 1 aliphatic carbocycles. The first-order chi connectivity index (χ1) is 9.70. The van der Waals surface area contributed by atoms with Crippen LogP contribution >= 0.6 is 23.1 Å². The van der Waals surface area contributed by atoms with Gasteiger partial charge < -0.3 is 10.4 Å². The molecule has 1 atom stereocenters. The minimum Gasteiger partial charge on any atom is -0.480 e. The van der Waals surface area contributed by atoms with Crippen molar-refractivity contribution >= 4 is 45.1 Å². The fourth-order valence-electron chi connectivity index (χ4n) is 2.54. The molecule has 2 heterocycles. The summed E-state index contributed by atoms with van der Waals surface area (Å²) in [6, 6.07) is -0.625. The van der Waals surface area contributed by atoms with Gasteiger partial charge in [0.25, 0.3) is 0 Å². The number of fused-ring (bicyclic) bond motifs is 3. The quantitative estimate of drug-likeness (QED) is 0.883. The molecule has 0 unspecified atom stereocenters. The third-order valence-electron chi connectivity index (χ3n) is 3.44. The van der Waals surface area contributed by atoms with Gasteiger partial charge in [-0.2, -0.15) is 11.8 Å². The molecule has 0 amide bonds. The number of thiophene rings is 1. The molecule has 3 rings (SSSR count). The molecule has 0 fully saturated rings. The van der Waals surface area contributed by atoms with Crippen LogP contribution in [0.15, 0.2) is 6.33 Å². The first-order valence-corrected chi connectivity index (χ1v) is 8.65. The number of aliphatic carboxylic acids is 1. The largest absolute Gasteiger partial charge is 0.480 e. The Hall–Kier alpha value is -1.34. The predicted molar refractivity (Wildman–Crippen MR) is 82.9 cm³/mol. The normalized spacial score (nSPS) is 15.2.